The molecule has 0 amide bonds. The van der Waals surface area contributed by atoms with Crippen LogP contribution in [0.15, 0.2) is 36.5 Å². The van der Waals surface area contributed by atoms with Gasteiger partial charge in [-0.05, 0) is 19.1 Å². The third-order valence-corrected chi connectivity index (χ3v) is 4.37. The van der Waals surface area contributed by atoms with Gasteiger partial charge in [-0.1, -0.05) is 39.0 Å². The molecule has 1 aliphatic heterocycles. The Balaban J connectivity index is 0.00000208. The van der Waals surface area contributed by atoms with E-state index >= 15 is 0 Å². The number of nitrogens with one attached hydrogen (secondary N) is 1. The maximum atomic E-state index is 4.91. The van der Waals surface area contributed by atoms with Gasteiger partial charge < -0.3 is 5.32 Å². The van der Waals surface area contributed by atoms with Gasteiger partial charge in [0.25, 0.3) is 0 Å². The number of nitrogens with zero attached hydrogens (tertiary/aromatic N) is 3. The summed E-state index contributed by atoms with van der Waals surface area (Å²) in [5, 5.41) is 8.42. The average Bonchev–Trinajstić information content (AvgIpc) is 2.92. The van der Waals surface area contributed by atoms with Crippen molar-refractivity contribution >= 4 is 12.4 Å². The summed E-state index contributed by atoms with van der Waals surface area (Å²) in [5.41, 5.74) is 3.72. The third-order valence-electron chi connectivity index (χ3n) is 4.37. The Morgan fingerprint density at radius 1 is 1.21 bits per heavy atom. The first-order valence-corrected chi connectivity index (χ1v) is 8.53. The summed E-state index contributed by atoms with van der Waals surface area (Å²) in [7, 11) is 0. The highest BCUT2D eigenvalue weighted by Gasteiger charge is 2.25. The van der Waals surface area contributed by atoms with Crippen LogP contribution in [0.4, 0.5) is 0 Å². The summed E-state index contributed by atoms with van der Waals surface area (Å²) in [6.07, 6.45) is 2.21. The predicted octanol–water partition coefficient (Wildman–Crippen LogP) is 3.39. The first kappa shape index (κ1) is 19.0. The van der Waals surface area contributed by atoms with Crippen LogP contribution in [0.1, 0.15) is 39.0 Å². The van der Waals surface area contributed by atoms with E-state index in [0.29, 0.717) is 6.04 Å². The number of benzene rings is 1. The monoisotopic (exact) mass is 348 g/mol. The molecule has 24 heavy (non-hydrogen) atoms. The van der Waals surface area contributed by atoms with E-state index in [1.54, 1.807) is 0 Å². The van der Waals surface area contributed by atoms with Crippen LogP contribution in [-0.4, -0.2) is 40.4 Å². The number of halogens is 1. The van der Waals surface area contributed by atoms with E-state index in [1.807, 2.05) is 10.7 Å². The van der Waals surface area contributed by atoms with E-state index in [4.69, 9.17) is 5.10 Å². The summed E-state index contributed by atoms with van der Waals surface area (Å²) in [6.45, 7) is 13.2. The topological polar surface area (TPSA) is 33.1 Å². The molecule has 132 valence electrons. The lowest BCUT2D eigenvalue weighted by atomic mass is 9.89. The molecule has 1 saturated heterocycles. The van der Waals surface area contributed by atoms with Crippen molar-refractivity contribution in [1.82, 2.24) is 20.0 Å². The lowest BCUT2D eigenvalue weighted by Crippen LogP contribution is -2.48. The molecule has 1 atom stereocenters. The largest absolute Gasteiger partial charge is 0.312 e. The number of rotatable bonds is 3. The van der Waals surface area contributed by atoms with Crippen LogP contribution in [0.25, 0.3) is 5.69 Å². The highest BCUT2D eigenvalue weighted by molar-refractivity contribution is 5.85. The molecule has 1 fully saturated rings. The fourth-order valence-electron chi connectivity index (χ4n) is 3.27. The molecule has 1 aromatic carbocycles. The normalized spacial score (nSPS) is 19.1. The van der Waals surface area contributed by atoms with Crippen molar-refractivity contribution in [3.8, 4) is 5.69 Å². The van der Waals surface area contributed by atoms with Crippen molar-refractivity contribution < 1.29 is 0 Å². The maximum absolute atomic E-state index is 4.91. The van der Waals surface area contributed by atoms with Gasteiger partial charge >= 0.3 is 0 Å². The van der Waals surface area contributed by atoms with E-state index in [1.165, 1.54) is 11.3 Å². The molecule has 2 aromatic rings. The van der Waals surface area contributed by atoms with Crippen LogP contribution in [0, 0.1) is 0 Å². The van der Waals surface area contributed by atoms with Crippen LogP contribution < -0.4 is 5.32 Å². The number of piperazine rings is 1. The van der Waals surface area contributed by atoms with Crippen LogP contribution in [0.2, 0.25) is 0 Å². The summed E-state index contributed by atoms with van der Waals surface area (Å²) < 4.78 is 2.03. The summed E-state index contributed by atoms with van der Waals surface area (Å²) in [6, 6.07) is 10.9. The molecule has 2 heterocycles. The summed E-state index contributed by atoms with van der Waals surface area (Å²) in [5.74, 6) is 0. The Morgan fingerprint density at radius 2 is 1.92 bits per heavy atom. The second-order valence-electron chi connectivity index (χ2n) is 7.62. The number of para-hydroxylation sites is 1. The molecular weight excluding hydrogens is 320 g/mol. The van der Waals surface area contributed by atoms with Crippen molar-refractivity contribution in [2.75, 3.05) is 19.6 Å². The van der Waals surface area contributed by atoms with Crippen molar-refractivity contribution in [3.05, 3.63) is 47.8 Å². The van der Waals surface area contributed by atoms with E-state index in [9.17, 15) is 0 Å². The molecule has 3 rings (SSSR count). The van der Waals surface area contributed by atoms with E-state index in [-0.39, 0.29) is 17.8 Å². The van der Waals surface area contributed by atoms with Crippen molar-refractivity contribution in [3.63, 3.8) is 0 Å². The second kappa shape index (κ2) is 7.68. The zero-order chi connectivity index (χ0) is 16.4. The molecule has 0 unspecified atom stereocenters. The maximum Gasteiger partial charge on any atom is 0.0727 e. The average molecular weight is 349 g/mol. The molecule has 4 nitrogen and oxygen atoms in total. The zero-order valence-electron chi connectivity index (χ0n) is 15.1. The van der Waals surface area contributed by atoms with E-state index in [2.05, 4.69) is 68.4 Å². The standard InChI is InChI=1S/C19H28N4.ClH/c1-15-12-22(11-10-20-15)13-16-14-23(17-8-6-5-7-9-17)21-18(16)19(2,3)4;/h5-9,14-15,20H,10-13H2,1-4H3;1H/t15-;/m0./s1. The molecule has 0 aliphatic carbocycles. The van der Waals surface area contributed by atoms with Gasteiger partial charge in [-0.25, -0.2) is 4.68 Å². The summed E-state index contributed by atoms with van der Waals surface area (Å²) in [4.78, 5) is 2.53. The number of hydrogen-bond donors (Lipinski definition) is 1. The minimum atomic E-state index is 0. The number of aromatic nitrogens is 2. The van der Waals surface area contributed by atoms with Gasteiger partial charge in [0.1, 0.15) is 0 Å². The smallest absolute Gasteiger partial charge is 0.0727 e. The molecule has 0 radical (unpaired) electrons. The van der Waals surface area contributed by atoms with Gasteiger partial charge in [0, 0.05) is 49.4 Å². The predicted molar refractivity (Wildman–Crippen MR) is 102 cm³/mol. The lowest BCUT2D eigenvalue weighted by Gasteiger charge is -2.32. The Bertz CT molecular complexity index is 645. The Hall–Kier alpha value is -1.36. The van der Waals surface area contributed by atoms with Gasteiger partial charge in [-0.15, -0.1) is 12.4 Å². The van der Waals surface area contributed by atoms with Crippen molar-refractivity contribution in [2.45, 2.75) is 45.7 Å². The molecule has 1 aromatic heterocycles. The van der Waals surface area contributed by atoms with Crippen LogP contribution in [0.3, 0.4) is 0 Å². The minimum absolute atomic E-state index is 0. The van der Waals surface area contributed by atoms with Crippen molar-refractivity contribution in [2.24, 2.45) is 0 Å². The molecule has 1 N–H and O–H groups in total. The highest BCUT2D eigenvalue weighted by Crippen LogP contribution is 2.26. The quantitative estimate of drug-likeness (QED) is 0.923. The molecule has 5 heteroatoms. The molecule has 0 spiro atoms. The fourth-order valence-corrected chi connectivity index (χ4v) is 3.27. The molecule has 0 bridgehead atoms. The van der Waals surface area contributed by atoms with Crippen LogP contribution in [-0.2, 0) is 12.0 Å². The minimum Gasteiger partial charge on any atom is -0.312 e. The zero-order valence-corrected chi connectivity index (χ0v) is 15.9. The Kier molecular flexibility index (Phi) is 6.07. The first-order chi connectivity index (χ1) is 10.9. The van der Waals surface area contributed by atoms with Crippen molar-refractivity contribution in [1.29, 1.82) is 0 Å². The first-order valence-electron chi connectivity index (χ1n) is 8.53. The van der Waals surface area contributed by atoms with Gasteiger partial charge in [0.15, 0.2) is 0 Å². The van der Waals surface area contributed by atoms with Gasteiger partial charge in [-0.3, -0.25) is 4.90 Å². The SMILES string of the molecule is C[C@H]1CN(Cc2cn(-c3ccccc3)nc2C(C)(C)C)CCN1.Cl. The van der Waals surface area contributed by atoms with Gasteiger partial charge in [0.05, 0.1) is 11.4 Å². The summed E-state index contributed by atoms with van der Waals surface area (Å²) >= 11 is 0. The second-order valence-corrected chi connectivity index (χ2v) is 7.62. The molecule has 1 aliphatic rings. The van der Waals surface area contributed by atoms with Crippen LogP contribution >= 0.6 is 12.4 Å². The molecule has 0 saturated carbocycles. The fraction of sp³-hybridized carbons (Fsp3) is 0.526. The third kappa shape index (κ3) is 4.38. The van der Waals surface area contributed by atoms with E-state index < -0.39 is 0 Å². The lowest BCUT2D eigenvalue weighted by molar-refractivity contribution is 0.198. The van der Waals surface area contributed by atoms with E-state index in [0.717, 1.165) is 31.9 Å². The molecular formula is C19H29ClN4. The van der Waals surface area contributed by atoms with Crippen LogP contribution in [0.5, 0.6) is 0 Å². The Morgan fingerprint density at radius 3 is 2.54 bits per heavy atom. The Labute approximate surface area is 151 Å². The number of hydrogen-bond acceptors (Lipinski definition) is 3. The van der Waals surface area contributed by atoms with Gasteiger partial charge in [-0.2, -0.15) is 5.10 Å². The van der Waals surface area contributed by atoms with Gasteiger partial charge in [0.2, 0.25) is 0 Å². The highest BCUT2D eigenvalue weighted by atomic mass is 35.5.